The van der Waals surface area contributed by atoms with Gasteiger partial charge >= 0.3 is 0 Å². The van der Waals surface area contributed by atoms with Crippen LogP contribution >= 0.6 is 11.8 Å². The molecule has 1 aliphatic heterocycles. The highest BCUT2D eigenvalue weighted by Crippen LogP contribution is 2.42. The maximum absolute atomic E-state index is 12.3. The van der Waals surface area contributed by atoms with Gasteiger partial charge in [0.2, 0.25) is 5.91 Å². The number of amides is 1. The molecule has 2 N–H and O–H groups in total. The van der Waals surface area contributed by atoms with Gasteiger partial charge in [0.25, 0.3) is 0 Å². The Morgan fingerprint density at radius 2 is 2.05 bits per heavy atom. The lowest BCUT2D eigenvalue weighted by molar-refractivity contribution is -0.115. The molecular weight excluding hydrogens is 280 g/mol. The fourth-order valence-corrected chi connectivity index (χ4v) is 3.76. The first-order chi connectivity index (χ1) is 10.2. The van der Waals surface area contributed by atoms with Crippen LogP contribution in [0.15, 0.2) is 48.5 Å². The van der Waals surface area contributed by atoms with E-state index < -0.39 is 0 Å². The van der Waals surface area contributed by atoms with E-state index >= 15 is 0 Å². The smallest absolute Gasteiger partial charge is 0.238 e. The normalized spacial score (nSPS) is 18.2. The molecule has 0 spiro atoms. The molecule has 21 heavy (non-hydrogen) atoms. The highest BCUT2D eigenvalue weighted by molar-refractivity contribution is 8.00. The number of carbonyl (C=O) groups is 1. The number of benzene rings is 2. The van der Waals surface area contributed by atoms with Crippen molar-refractivity contribution in [1.82, 2.24) is 0 Å². The zero-order valence-electron chi connectivity index (χ0n) is 12.0. The predicted octanol–water partition coefficient (Wildman–Crippen LogP) is 3.61. The van der Waals surface area contributed by atoms with E-state index in [0.29, 0.717) is 5.75 Å². The van der Waals surface area contributed by atoms with Crippen LogP contribution in [0, 0.1) is 0 Å². The van der Waals surface area contributed by atoms with Crippen molar-refractivity contribution in [3.8, 4) is 0 Å². The lowest BCUT2D eigenvalue weighted by Gasteiger charge is -2.25. The van der Waals surface area contributed by atoms with Gasteiger partial charge in [0.1, 0.15) is 5.37 Å². The Morgan fingerprint density at radius 3 is 2.81 bits per heavy atom. The highest BCUT2D eigenvalue weighted by atomic mass is 32.2. The summed E-state index contributed by atoms with van der Waals surface area (Å²) in [5.41, 5.74) is 9.89. The minimum absolute atomic E-state index is 0.00751. The molecule has 3 rings (SSSR count). The number of nitrogens with zero attached hydrogens (tertiary/aromatic N) is 1. The van der Waals surface area contributed by atoms with Crippen molar-refractivity contribution in [1.29, 1.82) is 0 Å². The zero-order valence-corrected chi connectivity index (χ0v) is 12.8. The lowest BCUT2D eigenvalue weighted by Crippen LogP contribution is -2.27. The number of hydrogen-bond donors (Lipinski definition) is 1. The second-order valence-electron chi connectivity index (χ2n) is 5.12. The van der Waals surface area contributed by atoms with Crippen LogP contribution < -0.4 is 10.6 Å². The molecule has 4 heteroatoms. The molecule has 108 valence electrons. The number of anilines is 2. The lowest BCUT2D eigenvalue weighted by atomic mass is 10.1. The van der Waals surface area contributed by atoms with E-state index in [-0.39, 0.29) is 11.3 Å². The Balaban J connectivity index is 1.99. The fraction of sp³-hybridized carbons (Fsp3) is 0.235. The minimum Gasteiger partial charge on any atom is -0.399 e. The number of aryl methyl sites for hydroxylation is 1. The average molecular weight is 298 g/mol. The number of carbonyl (C=O) groups excluding carboxylic acids is 1. The van der Waals surface area contributed by atoms with Crippen LogP contribution in [0.25, 0.3) is 0 Å². The summed E-state index contributed by atoms with van der Waals surface area (Å²) in [5.74, 6) is 0.663. The average Bonchev–Trinajstić information content (AvgIpc) is 2.89. The van der Waals surface area contributed by atoms with E-state index in [0.717, 1.165) is 23.4 Å². The maximum Gasteiger partial charge on any atom is 0.238 e. The molecule has 1 atom stereocenters. The van der Waals surface area contributed by atoms with Crippen molar-refractivity contribution in [2.75, 3.05) is 16.4 Å². The van der Waals surface area contributed by atoms with Gasteiger partial charge in [-0.2, -0.15) is 0 Å². The van der Waals surface area contributed by atoms with Crippen LogP contribution in [-0.2, 0) is 11.2 Å². The molecule has 2 aromatic rings. The molecule has 1 saturated heterocycles. The van der Waals surface area contributed by atoms with Gasteiger partial charge in [-0.05, 0) is 41.8 Å². The second kappa shape index (κ2) is 5.82. The largest absolute Gasteiger partial charge is 0.399 e. The van der Waals surface area contributed by atoms with Crippen LogP contribution in [0.2, 0.25) is 0 Å². The van der Waals surface area contributed by atoms with Crippen LogP contribution in [0.5, 0.6) is 0 Å². The summed E-state index contributed by atoms with van der Waals surface area (Å²) >= 11 is 1.65. The van der Waals surface area contributed by atoms with Gasteiger partial charge in [0, 0.05) is 11.4 Å². The molecule has 1 heterocycles. The van der Waals surface area contributed by atoms with Crippen molar-refractivity contribution >= 4 is 29.0 Å². The van der Waals surface area contributed by atoms with Crippen LogP contribution in [-0.4, -0.2) is 11.7 Å². The first-order valence-corrected chi connectivity index (χ1v) is 8.12. The third-order valence-electron chi connectivity index (χ3n) is 3.66. The minimum atomic E-state index is 0.00751. The summed E-state index contributed by atoms with van der Waals surface area (Å²) < 4.78 is 0. The van der Waals surface area contributed by atoms with Gasteiger partial charge in [-0.15, -0.1) is 11.8 Å². The summed E-state index contributed by atoms with van der Waals surface area (Å²) in [6.07, 6.45) is 0.964. The molecule has 0 saturated carbocycles. The number of thioether (sulfide) groups is 1. The van der Waals surface area contributed by atoms with Crippen LogP contribution in [0.1, 0.15) is 23.4 Å². The Morgan fingerprint density at radius 1 is 1.24 bits per heavy atom. The summed E-state index contributed by atoms with van der Waals surface area (Å²) in [6, 6.07) is 16.0. The number of nitrogens with two attached hydrogens (primary N) is 1. The fourth-order valence-electron chi connectivity index (χ4n) is 2.59. The van der Waals surface area contributed by atoms with Gasteiger partial charge in [-0.25, -0.2) is 0 Å². The quantitative estimate of drug-likeness (QED) is 0.881. The number of nitrogen functional groups attached to an aromatic ring is 1. The molecule has 1 fully saturated rings. The summed E-state index contributed by atoms with van der Waals surface area (Å²) in [5, 5.41) is 0.00751. The Labute approximate surface area is 129 Å². The van der Waals surface area contributed by atoms with Crippen LogP contribution in [0.4, 0.5) is 11.4 Å². The molecule has 2 aromatic carbocycles. The molecule has 3 nitrogen and oxygen atoms in total. The van der Waals surface area contributed by atoms with Gasteiger partial charge in [0.15, 0.2) is 0 Å². The number of hydrogen-bond acceptors (Lipinski definition) is 3. The van der Waals surface area contributed by atoms with E-state index in [1.807, 2.05) is 41.3 Å². The maximum atomic E-state index is 12.3. The molecule has 0 aliphatic carbocycles. The Hall–Kier alpha value is -1.94. The van der Waals surface area contributed by atoms with Crippen molar-refractivity contribution in [3.63, 3.8) is 0 Å². The van der Waals surface area contributed by atoms with Crippen molar-refractivity contribution in [2.24, 2.45) is 0 Å². The van der Waals surface area contributed by atoms with E-state index in [1.54, 1.807) is 11.8 Å². The molecule has 1 amide bonds. The summed E-state index contributed by atoms with van der Waals surface area (Å²) in [4.78, 5) is 14.2. The van der Waals surface area contributed by atoms with E-state index in [1.165, 1.54) is 5.56 Å². The van der Waals surface area contributed by atoms with Crippen molar-refractivity contribution in [3.05, 3.63) is 59.7 Å². The zero-order chi connectivity index (χ0) is 14.8. The van der Waals surface area contributed by atoms with E-state index in [9.17, 15) is 4.79 Å². The third kappa shape index (κ3) is 2.76. The number of rotatable bonds is 3. The second-order valence-corrected chi connectivity index (χ2v) is 6.19. The monoisotopic (exact) mass is 298 g/mol. The molecule has 0 bridgehead atoms. The van der Waals surface area contributed by atoms with Gasteiger partial charge in [0.05, 0.1) is 5.75 Å². The molecule has 1 aliphatic rings. The summed E-state index contributed by atoms with van der Waals surface area (Å²) in [7, 11) is 0. The van der Waals surface area contributed by atoms with Crippen LogP contribution in [0.3, 0.4) is 0 Å². The standard InChI is InChI=1S/C17H18N2OS/c1-2-12-5-3-8-15(9-12)19-16(20)11-21-17(19)13-6-4-7-14(18)10-13/h3-10,17H,2,11,18H2,1H3/t17-/m1/s1. The Kier molecular flexibility index (Phi) is 3.88. The predicted molar refractivity (Wildman–Crippen MR) is 89.4 cm³/mol. The van der Waals surface area contributed by atoms with Crippen molar-refractivity contribution in [2.45, 2.75) is 18.7 Å². The van der Waals surface area contributed by atoms with Gasteiger partial charge < -0.3 is 5.73 Å². The first-order valence-electron chi connectivity index (χ1n) is 7.07. The molecule has 0 radical (unpaired) electrons. The van der Waals surface area contributed by atoms with E-state index in [4.69, 9.17) is 5.73 Å². The molecule has 0 unspecified atom stereocenters. The third-order valence-corrected chi connectivity index (χ3v) is 4.87. The van der Waals surface area contributed by atoms with Gasteiger partial charge in [-0.3, -0.25) is 9.69 Å². The van der Waals surface area contributed by atoms with E-state index in [2.05, 4.69) is 19.1 Å². The van der Waals surface area contributed by atoms with Crippen molar-refractivity contribution < 1.29 is 4.79 Å². The highest BCUT2D eigenvalue weighted by Gasteiger charge is 2.34. The topological polar surface area (TPSA) is 46.3 Å². The first kappa shape index (κ1) is 14.0. The molecule has 0 aromatic heterocycles. The Bertz CT molecular complexity index is 671. The molecular formula is C17H18N2OS. The summed E-state index contributed by atoms with van der Waals surface area (Å²) in [6.45, 7) is 2.12. The SMILES string of the molecule is CCc1cccc(N2C(=O)CS[C@@H]2c2cccc(N)c2)c1. The van der Waals surface area contributed by atoms with Gasteiger partial charge in [-0.1, -0.05) is 31.2 Å².